The molecule has 0 fully saturated rings. The van der Waals surface area contributed by atoms with Crippen LogP contribution in [0.25, 0.3) is 0 Å². The fraction of sp³-hybridized carbons (Fsp3) is 0.429. The molecule has 0 radical (unpaired) electrons. The first-order chi connectivity index (χ1) is 7.40. The summed E-state index contributed by atoms with van der Waals surface area (Å²) in [5, 5.41) is 0. The SMILES string of the molecule is CCOC1=CCC(c2ccccc2)CC1. The lowest BCUT2D eigenvalue weighted by Crippen LogP contribution is -2.06. The third-order valence-corrected chi connectivity index (χ3v) is 2.97. The van der Waals surface area contributed by atoms with E-state index in [2.05, 4.69) is 36.4 Å². The Hall–Kier alpha value is -1.24. The average molecular weight is 202 g/mol. The van der Waals surface area contributed by atoms with Crippen molar-refractivity contribution in [2.24, 2.45) is 0 Å². The summed E-state index contributed by atoms with van der Waals surface area (Å²) in [5.41, 5.74) is 1.46. The van der Waals surface area contributed by atoms with Crippen LogP contribution in [0, 0.1) is 0 Å². The van der Waals surface area contributed by atoms with Gasteiger partial charge in [0, 0.05) is 6.42 Å². The second-order valence-corrected chi connectivity index (χ2v) is 3.99. The predicted octanol–water partition coefficient (Wildman–Crippen LogP) is 3.87. The molecule has 1 heteroatoms. The van der Waals surface area contributed by atoms with E-state index in [1.807, 2.05) is 6.92 Å². The third kappa shape index (κ3) is 2.62. The van der Waals surface area contributed by atoms with Gasteiger partial charge in [0.15, 0.2) is 0 Å². The molecule has 1 nitrogen and oxygen atoms in total. The molecule has 1 aliphatic carbocycles. The lowest BCUT2D eigenvalue weighted by molar-refractivity contribution is 0.208. The van der Waals surface area contributed by atoms with Crippen LogP contribution in [0.3, 0.4) is 0 Å². The van der Waals surface area contributed by atoms with Crippen molar-refractivity contribution in [1.29, 1.82) is 0 Å². The summed E-state index contributed by atoms with van der Waals surface area (Å²) in [5.74, 6) is 1.88. The van der Waals surface area contributed by atoms with Gasteiger partial charge in [-0.15, -0.1) is 0 Å². The molecule has 0 amide bonds. The summed E-state index contributed by atoms with van der Waals surface area (Å²) in [6.07, 6.45) is 5.69. The lowest BCUT2D eigenvalue weighted by Gasteiger charge is -2.22. The molecule has 0 bridgehead atoms. The molecule has 0 heterocycles. The highest BCUT2D eigenvalue weighted by atomic mass is 16.5. The third-order valence-electron chi connectivity index (χ3n) is 2.97. The zero-order chi connectivity index (χ0) is 10.5. The maximum Gasteiger partial charge on any atom is 0.0920 e. The van der Waals surface area contributed by atoms with Crippen LogP contribution in [0.5, 0.6) is 0 Å². The van der Waals surface area contributed by atoms with E-state index in [0.717, 1.165) is 19.4 Å². The van der Waals surface area contributed by atoms with Crippen LogP contribution in [-0.4, -0.2) is 6.61 Å². The first kappa shape index (κ1) is 10.3. The van der Waals surface area contributed by atoms with Crippen LogP contribution in [0.15, 0.2) is 42.2 Å². The zero-order valence-corrected chi connectivity index (χ0v) is 9.28. The molecule has 15 heavy (non-hydrogen) atoms. The molecule has 0 saturated carbocycles. The van der Waals surface area contributed by atoms with Gasteiger partial charge in [-0.3, -0.25) is 0 Å². The van der Waals surface area contributed by atoms with Gasteiger partial charge in [0.1, 0.15) is 0 Å². The van der Waals surface area contributed by atoms with Gasteiger partial charge < -0.3 is 4.74 Å². The molecular formula is C14H18O. The molecule has 1 aromatic carbocycles. The van der Waals surface area contributed by atoms with E-state index in [1.165, 1.54) is 17.7 Å². The smallest absolute Gasteiger partial charge is 0.0920 e. The largest absolute Gasteiger partial charge is 0.499 e. The van der Waals surface area contributed by atoms with E-state index in [0.29, 0.717) is 5.92 Å². The normalized spacial score (nSPS) is 20.9. The Morgan fingerprint density at radius 2 is 2.07 bits per heavy atom. The second-order valence-electron chi connectivity index (χ2n) is 3.99. The van der Waals surface area contributed by atoms with Crippen molar-refractivity contribution in [2.45, 2.75) is 32.1 Å². The molecule has 0 spiro atoms. The van der Waals surface area contributed by atoms with Crippen LogP contribution < -0.4 is 0 Å². The molecule has 1 atom stereocenters. The molecule has 1 aromatic rings. The first-order valence-electron chi connectivity index (χ1n) is 5.77. The molecule has 0 N–H and O–H groups in total. The second kappa shape index (κ2) is 5.01. The maximum absolute atomic E-state index is 5.53. The molecular weight excluding hydrogens is 184 g/mol. The summed E-state index contributed by atoms with van der Waals surface area (Å²) in [7, 11) is 0. The van der Waals surface area contributed by atoms with Crippen molar-refractivity contribution < 1.29 is 4.74 Å². The Labute approximate surface area is 91.8 Å². The number of allylic oxidation sites excluding steroid dienone is 2. The van der Waals surface area contributed by atoms with Crippen LogP contribution in [0.1, 0.15) is 37.7 Å². The van der Waals surface area contributed by atoms with Crippen molar-refractivity contribution in [3.63, 3.8) is 0 Å². The quantitative estimate of drug-likeness (QED) is 0.723. The van der Waals surface area contributed by atoms with Crippen molar-refractivity contribution in [3.05, 3.63) is 47.7 Å². The van der Waals surface area contributed by atoms with E-state index in [4.69, 9.17) is 4.74 Å². The summed E-state index contributed by atoms with van der Waals surface area (Å²) in [6.45, 7) is 2.84. The highest BCUT2D eigenvalue weighted by Crippen LogP contribution is 2.31. The van der Waals surface area contributed by atoms with E-state index < -0.39 is 0 Å². The number of benzene rings is 1. The Morgan fingerprint density at radius 3 is 2.67 bits per heavy atom. The molecule has 2 rings (SSSR count). The summed E-state index contributed by atoms with van der Waals surface area (Å²) >= 11 is 0. The number of rotatable bonds is 3. The van der Waals surface area contributed by atoms with Crippen LogP contribution in [0.4, 0.5) is 0 Å². The monoisotopic (exact) mass is 202 g/mol. The predicted molar refractivity (Wildman–Crippen MR) is 62.7 cm³/mol. The molecule has 1 unspecified atom stereocenters. The molecule has 80 valence electrons. The van der Waals surface area contributed by atoms with Crippen molar-refractivity contribution in [3.8, 4) is 0 Å². The van der Waals surface area contributed by atoms with Gasteiger partial charge in [-0.2, -0.15) is 0 Å². The summed E-state index contributed by atoms with van der Waals surface area (Å²) in [6, 6.07) is 10.8. The standard InChI is InChI=1S/C14H18O/c1-2-15-14-10-8-13(9-11-14)12-6-4-3-5-7-12/h3-7,10,13H,2,8-9,11H2,1H3. The Kier molecular flexibility index (Phi) is 3.44. The molecule has 0 saturated heterocycles. The maximum atomic E-state index is 5.53. The highest BCUT2D eigenvalue weighted by Gasteiger charge is 2.16. The minimum absolute atomic E-state index is 0.690. The summed E-state index contributed by atoms with van der Waals surface area (Å²) in [4.78, 5) is 0. The van der Waals surface area contributed by atoms with Gasteiger partial charge in [0.2, 0.25) is 0 Å². The molecule has 0 aromatic heterocycles. The van der Waals surface area contributed by atoms with E-state index >= 15 is 0 Å². The van der Waals surface area contributed by atoms with Gasteiger partial charge in [-0.05, 0) is 37.3 Å². The molecule has 0 aliphatic heterocycles. The lowest BCUT2D eigenvalue weighted by atomic mass is 9.87. The first-order valence-corrected chi connectivity index (χ1v) is 5.77. The fourth-order valence-corrected chi connectivity index (χ4v) is 2.15. The average Bonchev–Trinajstić information content (AvgIpc) is 2.32. The van der Waals surface area contributed by atoms with E-state index in [9.17, 15) is 0 Å². The van der Waals surface area contributed by atoms with Gasteiger partial charge in [-0.1, -0.05) is 30.3 Å². The Bertz CT molecular complexity index is 326. The zero-order valence-electron chi connectivity index (χ0n) is 9.28. The van der Waals surface area contributed by atoms with Crippen molar-refractivity contribution in [1.82, 2.24) is 0 Å². The Balaban J connectivity index is 1.99. The minimum atomic E-state index is 0.690. The minimum Gasteiger partial charge on any atom is -0.499 e. The topological polar surface area (TPSA) is 9.23 Å². The number of ether oxygens (including phenoxy) is 1. The van der Waals surface area contributed by atoms with Crippen molar-refractivity contribution >= 4 is 0 Å². The fourth-order valence-electron chi connectivity index (χ4n) is 2.15. The van der Waals surface area contributed by atoms with E-state index in [-0.39, 0.29) is 0 Å². The van der Waals surface area contributed by atoms with Gasteiger partial charge in [-0.25, -0.2) is 0 Å². The van der Waals surface area contributed by atoms with Gasteiger partial charge >= 0.3 is 0 Å². The number of hydrogen-bond acceptors (Lipinski definition) is 1. The van der Waals surface area contributed by atoms with Gasteiger partial charge in [0.25, 0.3) is 0 Å². The highest BCUT2D eigenvalue weighted by molar-refractivity contribution is 5.22. The van der Waals surface area contributed by atoms with E-state index in [1.54, 1.807) is 0 Å². The van der Waals surface area contributed by atoms with Crippen molar-refractivity contribution in [2.75, 3.05) is 6.61 Å². The van der Waals surface area contributed by atoms with Gasteiger partial charge in [0.05, 0.1) is 12.4 Å². The van der Waals surface area contributed by atoms with Crippen LogP contribution in [-0.2, 0) is 4.74 Å². The number of hydrogen-bond donors (Lipinski definition) is 0. The van der Waals surface area contributed by atoms with Crippen LogP contribution in [0.2, 0.25) is 0 Å². The summed E-state index contributed by atoms with van der Waals surface area (Å²) < 4.78 is 5.53. The molecule has 1 aliphatic rings. The van der Waals surface area contributed by atoms with Crippen LogP contribution >= 0.6 is 0 Å². The Morgan fingerprint density at radius 1 is 1.27 bits per heavy atom.